The van der Waals surface area contributed by atoms with E-state index in [1.807, 2.05) is 5.38 Å². The molecule has 19 heavy (non-hydrogen) atoms. The standard InChI is InChI=1S/C10H16N4OS.3ClH/c1-8(15)12-10-13-9(7-16-10)6-14-4-2-11-3-5-14;;;/h7,11H,2-6H2,1H3,(H,12,13,15);3*1H. The first-order valence-corrected chi connectivity index (χ1v) is 6.27. The van der Waals surface area contributed by atoms with Gasteiger partial charge < -0.3 is 10.6 Å². The van der Waals surface area contributed by atoms with Crippen LogP contribution in [-0.2, 0) is 11.3 Å². The molecule has 9 heteroatoms. The third kappa shape index (κ3) is 7.29. The number of halogens is 3. The molecule has 0 spiro atoms. The van der Waals surface area contributed by atoms with Gasteiger partial charge in [0, 0.05) is 45.0 Å². The second-order valence-electron chi connectivity index (χ2n) is 3.85. The molecule has 1 aromatic rings. The molecule has 1 aliphatic heterocycles. The summed E-state index contributed by atoms with van der Waals surface area (Å²) in [6.45, 7) is 6.58. The lowest BCUT2D eigenvalue weighted by Gasteiger charge is -2.26. The van der Waals surface area contributed by atoms with Crippen LogP contribution in [0.25, 0.3) is 0 Å². The van der Waals surface area contributed by atoms with Gasteiger partial charge in [0.05, 0.1) is 5.69 Å². The predicted octanol–water partition coefficient (Wildman–Crippen LogP) is 1.77. The molecule has 1 saturated heterocycles. The van der Waals surface area contributed by atoms with Gasteiger partial charge in [0.25, 0.3) is 0 Å². The number of anilines is 1. The Kier molecular flexibility index (Phi) is 11.9. The zero-order valence-corrected chi connectivity index (χ0v) is 13.8. The number of hydrogen-bond donors (Lipinski definition) is 2. The number of nitrogens with one attached hydrogen (secondary N) is 2. The average molecular weight is 350 g/mol. The number of carbonyl (C=O) groups excluding carboxylic acids is 1. The normalized spacial score (nSPS) is 14.6. The van der Waals surface area contributed by atoms with E-state index in [1.165, 1.54) is 18.3 Å². The molecule has 1 amide bonds. The van der Waals surface area contributed by atoms with Crippen molar-refractivity contribution in [3.63, 3.8) is 0 Å². The molecule has 0 atom stereocenters. The third-order valence-corrected chi connectivity index (χ3v) is 3.24. The van der Waals surface area contributed by atoms with Crippen LogP contribution in [0.3, 0.4) is 0 Å². The summed E-state index contributed by atoms with van der Waals surface area (Å²) in [5.41, 5.74) is 1.04. The van der Waals surface area contributed by atoms with E-state index in [2.05, 4.69) is 20.5 Å². The van der Waals surface area contributed by atoms with Crippen LogP contribution in [-0.4, -0.2) is 42.0 Å². The minimum absolute atomic E-state index is 0. The number of carbonyl (C=O) groups is 1. The molecule has 0 aliphatic carbocycles. The molecule has 0 aromatic carbocycles. The summed E-state index contributed by atoms with van der Waals surface area (Å²) in [4.78, 5) is 17.6. The van der Waals surface area contributed by atoms with Gasteiger partial charge in [0.15, 0.2) is 5.13 Å². The smallest absolute Gasteiger partial charge is 0.223 e. The molecule has 5 nitrogen and oxygen atoms in total. The second kappa shape index (κ2) is 10.7. The van der Waals surface area contributed by atoms with E-state index in [4.69, 9.17) is 0 Å². The molecule has 0 radical (unpaired) electrons. The van der Waals surface area contributed by atoms with E-state index in [0.717, 1.165) is 38.4 Å². The van der Waals surface area contributed by atoms with E-state index in [0.29, 0.717) is 5.13 Å². The maximum absolute atomic E-state index is 10.8. The van der Waals surface area contributed by atoms with Gasteiger partial charge in [-0.25, -0.2) is 4.98 Å². The Morgan fingerprint density at radius 3 is 2.63 bits per heavy atom. The van der Waals surface area contributed by atoms with Gasteiger partial charge in [-0.2, -0.15) is 0 Å². The van der Waals surface area contributed by atoms with Crippen molar-refractivity contribution in [2.24, 2.45) is 0 Å². The van der Waals surface area contributed by atoms with Crippen LogP contribution in [0, 0.1) is 0 Å². The Labute approximate surface area is 135 Å². The predicted molar refractivity (Wildman–Crippen MR) is 86.3 cm³/mol. The van der Waals surface area contributed by atoms with Crippen LogP contribution in [0.4, 0.5) is 5.13 Å². The van der Waals surface area contributed by atoms with E-state index < -0.39 is 0 Å². The van der Waals surface area contributed by atoms with Crippen LogP contribution in [0.15, 0.2) is 5.38 Å². The Hall–Kier alpha value is -0.110. The van der Waals surface area contributed by atoms with Crippen molar-refractivity contribution in [3.05, 3.63) is 11.1 Å². The van der Waals surface area contributed by atoms with Crippen molar-refractivity contribution >= 4 is 59.6 Å². The van der Waals surface area contributed by atoms with Gasteiger partial charge in [-0.05, 0) is 0 Å². The highest BCUT2D eigenvalue weighted by Crippen LogP contribution is 2.16. The molecule has 0 unspecified atom stereocenters. The number of hydrogen-bond acceptors (Lipinski definition) is 5. The zero-order chi connectivity index (χ0) is 11.4. The van der Waals surface area contributed by atoms with E-state index in [-0.39, 0.29) is 43.1 Å². The Morgan fingerprint density at radius 1 is 1.42 bits per heavy atom. The topological polar surface area (TPSA) is 57.3 Å². The highest BCUT2D eigenvalue weighted by atomic mass is 35.5. The van der Waals surface area contributed by atoms with Crippen LogP contribution < -0.4 is 10.6 Å². The summed E-state index contributed by atoms with van der Waals surface area (Å²) in [7, 11) is 0. The minimum Gasteiger partial charge on any atom is -0.314 e. The van der Waals surface area contributed by atoms with Gasteiger partial charge in [-0.15, -0.1) is 48.6 Å². The van der Waals surface area contributed by atoms with E-state index >= 15 is 0 Å². The molecule has 112 valence electrons. The lowest BCUT2D eigenvalue weighted by molar-refractivity contribution is -0.114. The highest BCUT2D eigenvalue weighted by molar-refractivity contribution is 7.13. The van der Waals surface area contributed by atoms with Crippen molar-refractivity contribution in [1.29, 1.82) is 0 Å². The summed E-state index contributed by atoms with van der Waals surface area (Å²) in [6, 6.07) is 0. The lowest BCUT2D eigenvalue weighted by Crippen LogP contribution is -2.42. The highest BCUT2D eigenvalue weighted by Gasteiger charge is 2.11. The molecule has 1 aromatic heterocycles. The molecule has 2 rings (SSSR count). The Balaban J connectivity index is 0. The summed E-state index contributed by atoms with van der Waals surface area (Å²) in [6.07, 6.45) is 0. The molecule has 2 N–H and O–H groups in total. The first-order valence-electron chi connectivity index (χ1n) is 5.39. The maximum atomic E-state index is 10.8. The summed E-state index contributed by atoms with van der Waals surface area (Å²) in [5.74, 6) is -0.0666. The van der Waals surface area contributed by atoms with Gasteiger partial charge in [0.2, 0.25) is 5.91 Å². The summed E-state index contributed by atoms with van der Waals surface area (Å²) >= 11 is 1.48. The van der Waals surface area contributed by atoms with Crippen LogP contribution in [0.5, 0.6) is 0 Å². The van der Waals surface area contributed by atoms with Crippen molar-refractivity contribution in [1.82, 2.24) is 15.2 Å². The number of amides is 1. The van der Waals surface area contributed by atoms with Crippen molar-refractivity contribution in [2.45, 2.75) is 13.5 Å². The molecule has 1 aliphatic rings. The Bertz CT molecular complexity index is 371. The number of thiazole rings is 1. The van der Waals surface area contributed by atoms with Crippen molar-refractivity contribution in [3.8, 4) is 0 Å². The fourth-order valence-electron chi connectivity index (χ4n) is 1.69. The van der Waals surface area contributed by atoms with Crippen molar-refractivity contribution in [2.75, 3.05) is 31.5 Å². The minimum atomic E-state index is -0.0666. The number of nitrogens with zero attached hydrogens (tertiary/aromatic N) is 2. The monoisotopic (exact) mass is 348 g/mol. The van der Waals surface area contributed by atoms with Gasteiger partial charge in [0.1, 0.15) is 0 Å². The second-order valence-corrected chi connectivity index (χ2v) is 4.71. The van der Waals surface area contributed by atoms with Crippen LogP contribution in [0.1, 0.15) is 12.6 Å². The Morgan fingerprint density at radius 2 is 2.05 bits per heavy atom. The number of piperazine rings is 1. The summed E-state index contributed by atoms with van der Waals surface area (Å²) in [5, 5.41) is 8.71. The van der Waals surface area contributed by atoms with E-state index in [1.54, 1.807) is 0 Å². The maximum Gasteiger partial charge on any atom is 0.223 e. The van der Waals surface area contributed by atoms with Crippen LogP contribution in [0.2, 0.25) is 0 Å². The SMILES string of the molecule is CC(=O)Nc1nc(CN2CCNCC2)cs1.Cl.Cl.Cl. The first kappa shape index (κ1) is 21.2. The first-order chi connectivity index (χ1) is 7.74. The molecule has 1 fully saturated rings. The van der Waals surface area contributed by atoms with E-state index in [9.17, 15) is 4.79 Å². The fourth-order valence-corrected chi connectivity index (χ4v) is 2.43. The quantitative estimate of drug-likeness (QED) is 0.873. The third-order valence-electron chi connectivity index (χ3n) is 2.43. The number of rotatable bonds is 3. The molecule has 2 heterocycles. The van der Waals surface area contributed by atoms with Crippen LogP contribution >= 0.6 is 48.6 Å². The van der Waals surface area contributed by atoms with Gasteiger partial charge in [-0.1, -0.05) is 0 Å². The molecular formula is C10H19Cl3N4OS. The molecular weight excluding hydrogens is 331 g/mol. The lowest BCUT2D eigenvalue weighted by atomic mass is 10.3. The van der Waals surface area contributed by atoms with Gasteiger partial charge >= 0.3 is 0 Å². The average Bonchev–Trinajstić information content (AvgIpc) is 2.66. The summed E-state index contributed by atoms with van der Waals surface area (Å²) < 4.78 is 0. The van der Waals surface area contributed by atoms with Gasteiger partial charge in [-0.3, -0.25) is 9.69 Å². The van der Waals surface area contributed by atoms with Crippen molar-refractivity contribution < 1.29 is 4.79 Å². The molecule has 0 saturated carbocycles. The zero-order valence-electron chi connectivity index (χ0n) is 10.5. The largest absolute Gasteiger partial charge is 0.314 e. The fraction of sp³-hybridized carbons (Fsp3) is 0.600. The molecule has 0 bridgehead atoms. The number of aromatic nitrogens is 1.